The van der Waals surface area contributed by atoms with E-state index >= 15 is 0 Å². The van der Waals surface area contributed by atoms with Gasteiger partial charge in [-0.3, -0.25) is 0 Å². The first-order chi connectivity index (χ1) is 10.2. The third-order valence-electron chi connectivity index (χ3n) is 3.14. The summed E-state index contributed by atoms with van der Waals surface area (Å²) in [6.45, 7) is 7.01. The smallest absolute Gasteiger partial charge is 0.408 e. The Hall–Kier alpha value is -1.63. The Morgan fingerprint density at radius 3 is 2.41 bits per heavy atom. The molecule has 0 heterocycles. The maximum atomic E-state index is 11.8. The van der Waals surface area contributed by atoms with Crippen LogP contribution in [-0.2, 0) is 11.3 Å². The molecule has 0 aromatic heterocycles. The molecule has 2 atom stereocenters. The zero-order valence-corrected chi connectivity index (χ0v) is 13.6. The van der Waals surface area contributed by atoms with Gasteiger partial charge in [0.05, 0.1) is 18.7 Å². The van der Waals surface area contributed by atoms with Crippen molar-refractivity contribution in [3.8, 4) is 0 Å². The lowest BCUT2D eigenvalue weighted by atomic mass is 10.1. The van der Waals surface area contributed by atoms with Crippen LogP contribution in [0, 0.1) is 0 Å². The van der Waals surface area contributed by atoms with E-state index in [2.05, 4.69) is 5.32 Å². The van der Waals surface area contributed by atoms with Crippen LogP contribution in [0.3, 0.4) is 0 Å². The number of aliphatic hydroxyl groups is 1. The van der Waals surface area contributed by atoms with E-state index in [0.29, 0.717) is 6.54 Å². The fourth-order valence-corrected chi connectivity index (χ4v) is 1.90. The van der Waals surface area contributed by atoms with Crippen molar-refractivity contribution in [1.29, 1.82) is 0 Å². The first-order valence-electron chi connectivity index (χ1n) is 7.32. The van der Waals surface area contributed by atoms with Gasteiger partial charge in [0.15, 0.2) is 0 Å². The average molecular weight is 310 g/mol. The topological polar surface area (TPSA) is 82.0 Å². The predicted molar refractivity (Wildman–Crippen MR) is 83.5 cm³/mol. The van der Waals surface area contributed by atoms with Crippen LogP contribution in [0.2, 0.25) is 0 Å². The number of benzene rings is 1. The number of carbonyl (C=O) groups is 1. The van der Waals surface area contributed by atoms with Crippen LogP contribution in [0.4, 0.5) is 4.79 Å². The Morgan fingerprint density at radius 2 is 1.91 bits per heavy atom. The summed E-state index contributed by atoms with van der Waals surface area (Å²) in [7, 11) is 0. The Kier molecular flexibility index (Phi) is 6.80. The van der Waals surface area contributed by atoms with E-state index in [-0.39, 0.29) is 6.61 Å². The SMILES string of the molecule is C[C@@H]([C@H](CO)NC(=O)OC(C)(C)C)N(O)Cc1ccccc1. The molecule has 1 aromatic carbocycles. The predicted octanol–water partition coefficient (Wildman–Crippen LogP) is 2.15. The molecule has 0 radical (unpaired) electrons. The van der Waals surface area contributed by atoms with Gasteiger partial charge in [0.2, 0.25) is 0 Å². The third kappa shape index (κ3) is 6.43. The highest BCUT2D eigenvalue weighted by atomic mass is 16.6. The monoisotopic (exact) mass is 310 g/mol. The quantitative estimate of drug-likeness (QED) is 0.701. The van der Waals surface area contributed by atoms with Crippen LogP contribution >= 0.6 is 0 Å². The summed E-state index contributed by atoms with van der Waals surface area (Å²) in [5.41, 5.74) is 0.321. The summed E-state index contributed by atoms with van der Waals surface area (Å²) in [4.78, 5) is 11.8. The Bertz CT molecular complexity index is 459. The van der Waals surface area contributed by atoms with Crippen molar-refractivity contribution in [2.75, 3.05) is 6.61 Å². The minimum absolute atomic E-state index is 0.299. The van der Waals surface area contributed by atoms with Crippen LogP contribution < -0.4 is 5.32 Å². The van der Waals surface area contributed by atoms with E-state index in [1.165, 1.54) is 0 Å². The maximum absolute atomic E-state index is 11.8. The van der Waals surface area contributed by atoms with Crippen LogP contribution in [0.1, 0.15) is 33.3 Å². The number of hydrogen-bond donors (Lipinski definition) is 3. The second-order valence-electron chi connectivity index (χ2n) is 6.26. The summed E-state index contributed by atoms with van der Waals surface area (Å²) in [5.74, 6) is 0. The molecular formula is C16H26N2O4. The fraction of sp³-hybridized carbons (Fsp3) is 0.562. The van der Waals surface area contributed by atoms with Gasteiger partial charge in [0.25, 0.3) is 0 Å². The number of carbonyl (C=O) groups excluding carboxylic acids is 1. The van der Waals surface area contributed by atoms with E-state index in [9.17, 15) is 15.1 Å². The maximum Gasteiger partial charge on any atom is 0.408 e. The molecule has 124 valence electrons. The molecule has 0 aliphatic heterocycles. The van der Waals surface area contributed by atoms with Crippen LogP contribution in [0.5, 0.6) is 0 Å². The van der Waals surface area contributed by atoms with E-state index < -0.39 is 23.8 Å². The number of nitrogens with zero attached hydrogens (tertiary/aromatic N) is 1. The van der Waals surface area contributed by atoms with Gasteiger partial charge in [-0.1, -0.05) is 30.3 Å². The average Bonchev–Trinajstić information content (AvgIpc) is 2.43. The summed E-state index contributed by atoms with van der Waals surface area (Å²) in [6.07, 6.45) is -0.619. The molecule has 0 saturated heterocycles. The molecule has 0 saturated carbocycles. The second kappa shape index (κ2) is 8.12. The molecule has 0 bridgehead atoms. The van der Waals surface area contributed by atoms with Crippen molar-refractivity contribution in [2.24, 2.45) is 0 Å². The number of amides is 1. The molecule has 6 heteroatoms. The molecule has 22 heavy (non-hydrogen) atoms. The third-order valence-corrected chi connectivity index (χ3v) is 3.14. The van der Waals surface area contributed by atoms with Crippen LogP contribution in [-0.4, -0.2) is 45.8 Å². The Morgan fingerprint density at radius 1 is 1.32 bits per heavy atom. The van der Waals surface area contributed by atoms with Gasteiger partial charge in [-0.05, 0) is 33.3 Å². The molecule has 3 N–H and O–H groups in total. The van der Waals surface area contributed by atoms with Gasteiger partial charge < -0.3 is 20.4 Å². The van der Waals surface area contributed by atoms with E-state index in [0.717, 1.165) is 10.6 Å². The lowest BCUT2D eigenvalue weighted by molar-refractivity contribution is -0.141. The zero-order valence-electron chi connectivity index (χ0n) is 13.6. The van der Waals surface area contributed by atoms with Crippen LogP contribution in [0.25, 0.3) is 0 Å². The molecule has 1 amide bonds. The van der Waals surface area contributed by atoms with Gasteiger partial charge in [0, 0.05) is 6.54 Å². The number of aliphatic hydroxyl groups excluding tert-OH is 1. The highest BCUT2D eigenvalue weighted by molar-refractivity contribution is 5.68. The van der Waals surface area contributed by atoms with Gasteiger partial charge in [-0.2, -0.15) is 5.06 Å². The number of alkyl carbamates (subject to hydrolysis) is 1. The van der Waals surface area contributed by atoms with E-state index in [1.54, 1.807) is 27.7 Å². The van der Waals surface area contributed by atoms with Crippen molar-refractivity contribution in [1.82, 2.24) is 10.4 Å². The molecule has 1 aromatic rings. The number of hydroxylamine groups is 2. The standard InChI is InChI=1S/C16H26N2O4/c1-12(18(21)10-13-8-6-5-7-9-13)14(11-19)17-15(20)22-16(2,3)4/h5-9,12,14,19,21H,10-11H2,1-4H3,(H,17,20)/t12-,14-/m0/s1. The van der Waals surface area contributed by atoms with Crippen molar-refractivity contribution in [3.63, 3.8) is 0 Å². The van der Waals surface area contributed by atoms with E-state index in [4.69, 9.17) is 4.74 Å². The molecule has 1 rings (SSSR count). The van der Waals surface area contributed by atoms with Gasteiger partial charge >= 0.3 is 6.09 Å². The summed E-state index contributed by atoms with van der Waals surface area (Å²) < 4.78 is 5.16. The number of rotatable bonds is 6. The number of ether oxygens (including phenoxy) is 1. The van der Waals surface area contributed by atoms with Crippen LogP contribution in [0.15, 0.2) is 30.3 Å². The molecular weight excluding hydrogens is 284 g/mol. The first-order valence-corrected chi connectivity index (χ1v) is 7.32. The molecule has 6 nitrogen and oxygen atoms in total. The normalized spacial score (nSPS) is 14.5. The largest absolute Gasteiger partial charge is 0.444 e. The lowest BCUT2D eigenvalue weighted by Gasteiger charge is -2.30. The summed E-state index contributed by atoms with van der Waals surface area (Å²) >= 11 is 0. The first kappa shape index (κ1) is 18.4. The Labute approximate surface area is 131 Å². The highest BCUT2D eigenvalue weighted by Gasteiger charge is 2.26. The zero-order chi connectivity index (χ0) is 16.8. The van der Waals surface area contributed by atoms with E-state index in [1.807, 2.05) is 30.3 Å². The Balaban J connectivity index is 2.59. The molecule has 0 unspecified atom stereocenters. The fourth-order valence-electron chi connectivity index (χ4n) is 1.90. The van der Waals surface area contributed by atoms with Crippen molar-refractivity contribution in [2.45, 2.75) is 51.9 Å². The van der Waals surface area contributed by atoms with Gasteiger partial charge in [0.1, 0.15) is 5.60 Å². The highest BCUT2D eigenvalue weighted by Crippen LogP contribution is 2.10. The van der Waals surface area contributed by atoms with Crippen molar-refractivity contribution < 1.29 is 19.8 Å². The number of hydrogen-bond acceptors (Lipinski definition) is 5. The summed E-state index contributed by atoms with van der Waals surface area (Å²) in [6, 6.07) is 8.35. The minimum Gasteiger partial charge on any atom is -0.444 e. The molecule has 0 spiro atoms. The lowest BCUT2D eigenvalue weighted by Crippen LogP contribution is -2.52. The summed E-state index contributed by atoms with van der Waals surface area (Å²) in [5, 5.41) is 23.3. The molecule has 0 aliphatic carbocycles. The van der Waals surface area contributed by atoms with Gasteiger partial charge in [-0.15, -0.1) is 0 Å². The van der Waals surface area contributed by atoms with Crippen molar-refractivity contribution in [3.05, 3.63) is 35.9 Å². The molecule has 0 fully saturated rings. The molecule has 0 aliphatic rings. The number of nitrogens with one attached hydrogen (secondary N) is 1. The second-order valence-corrected chi connectivity index (χ2v) is 6.26. The van der Waals surface area contributed by atoms with Gasteiger partial charge in [-0.25, -0.2) is 4.79 Å². The minimum atomic E-state index is -0.636. The van der Waals surface area contributed by atoms with Crippen molar-refractivity contribution >= 4 is 6.09 Å².